The van der Waals surface area contributed by atoms with Crippen LogP contribution in [0.2, 0.25) is 0 Å². The number of carbonyl (C=O) groups is 1. The van der Waals surface area contributed by atoms with Gasteiger partial charge in [-0.15, -0.1) is 0 Å². The molecule has 4 fully saturated rings. The van der Waals surface area contributed by atoms with Crippen molar-refractivity contribution in [2.45, 2.75) is 191 Å². The van der Waals surface area contributed by atoms with Gasteiger partial charge in [0.25, 0.3) is 0 Å². The van der Waals surface area contributed by atoms with Gasteiger partial charge in [-0.2, -0.15) is 0 Å². The van der Waals surface area contributed by atoms with Crippen LogP contribution < -0.4 is 15.4 Å². The molecule has 0 amide bonds. The predicted octanol–water partition coefficient (Wildman–Crippen LogP) is 3.20. The van der Waals surface area contributed by atoms with E-state index in [0.29, 0.717) is 26.1 Å². The molecule has 0 aromatic heterocycles. The zero-order valence-corrected chi connectivity index (χ0v) is 37.3. The summed E-state index contributed by atoms with van der Waals surface area (Å²) >= 11 is 0. The Morgan fingerprint density at radius 2 is 1.61 bits per heavy atom. The molecule has 4 aliphatic heterocycles. The van der Waals surface area contributed by atoms with Gasteiger partial charge in [-0.3, -0.25) is 4.79 Å². The number of benzene rings is 1. The molecule has 1 aromatic carbocycles. The molecule has 1 aromatic rings. The highest BCUT2D eigenvalue weighted by Crippen LogP contribution is 2.51. The maximum absolute atomic E-state index is 14.3. The molecule has 0 bridgehead atoms. The monoisotopic (exact) mass is 839 g/mol. The normalized spacial score (nSPS) is 46.5. The lowest BCUT2D eigenvalue weighted by molar-refractivity contribution is -0.312. The van der Waals surface area contributed by atoms with Crippen molar-refractivity contribution in [2.75, 3.05) is 27.4 Å². The number of esters is 1. The standard InChI is InChI=1S/C44H74N2O13/c1-13-33-43(10,51)37(48)28(6)45-21-24(2)19-41(8,50)38(59-40-35(47)32(18-25(3)55-40)46-22-30-14-16-31(52-11)17-15-30)26(4)36(27(5)39(49)57-33)58-34-20-42(9,53-12)44(23-54-44)29(7)56-34/h14-17,24-29,32-38,40,45-48,50-51H,13,18-23H2,1-12H3/t24-,25-,26+,27-,28-,29+,32+,33-,34+,35-,36+,37-,38-,40+,41-,42-,43-,44+/m1/s1. The van der Waals surface area contributed by atoms with Crippen molar-refractivity contribution in [3.8, 4) is 5.75 Å². The summed E-state index contributed by atoms with van der Waals surface area (Å²) in [5.41, 5.74) is -3.78. The van der Waals surface area contributed by atoms with E-state index in [-0.39, 0.29) is 31.3 Å². The molecule has 4 saturated heterocycles. The fourth-order valence-corrected chi connectivity index (χ4v) is 9.73. The summed E-state index contributed by atoms with van der Waals surface area (Å²) in [4.78, 5) is 14.3. The predicted molar refractivity (Wildman–Crippen MR) is 218 cm³/mol. The molecule has 1 spiro atoms. The van der Waals surface area contributed by atoms with E-state index in [4.69, 9.17) is 37.9 Å². The minimum Gasteiger partial charge on any atom is -0.497 e. The van der Waals surface area contributed by atoms with E-state index in [1.807, 2.05) is 58.9 Å². The van der Waals surface area contributed by atoms with E-state index in [1.54, 1.807) is 41.9 Å². The number of ether oxygens (including phenoxy) is 8. The van der Waals surface area contributed by atoms with Crippen LogP contribution >= 0.6 is 0 Å². The van der Waals surface area contributed by atoms with Crippen molar-refractivity contribution in [2.24, 2.45) is 17.8 Å². The zero-order chi connectivity index (χ0) is 43.7. The topological polar surface area (TPSA) is 199 Å². The molecule has 0 saturated carbocycles. The molecule has 6 N–H and O–H groups in total. The number of carbonyl (C=O) groups excluding carboxylic acids is 1. The highest BCUT2D eigenvalue weighted by molar-refractivity contribution is 5.73. The molecule has 5 rings (SSSR count). The lowest BCUT2D eigenvalue weighted by Gasteiger charge is -2.49. The van der Waals surface area contributed by atoms with Crippen molar-refractivity contribution in [3.63, 3.8) is 0 Å². The van der Waals surface area contributed by atoms with Gasteiger partial charge in [-0.25, -0.2) is 0 Å². The molecule has 0 aliphatic carbocycles. The summed E-state index contributed by atoms with van der Waals surface area (Å²) in [5.74, 6) is -1.84. The van der Waals surface area contributed by atoms with Crippen molar-refractivity contribution >= 4 is 5.97 Å². The average Bonchev–Trinajstić information content (AvgIpc) is 4.01. The summed E-state index contributed by atoms with van der Waals surface area (Å²) in [5, 5.41) is 54.4. The minimum absolute atomic E-state index is 0.167. The molecule has 0 radical (unpaired) electrons. The first-order chi connectivity index (χ1) is 27.6. The second kappa shape index (κ2) is 19.2. The number of nitrogens with one attached hydrogen (secondary N) is 2. The number of rotatable bonds is 10. The fraction of sp³-hybridized carbons (Fsp3) is 0.841. The Morgan fingerprint density at radius 3 is 2.20 bits per heavy atom. The van der Waals surface area contributed by atoms with Gasteiger partial charge in [0.2, 0.25) is 0 Å². The van der Waals surface area contributed by atoms with Crippen LogP contribution in [0.3, 0.4) is 0 Å². The quantitative estimate of drug-likeness (QED) is 0.148. The van der Waals surface area contributed by atoms with Crippen LogP contribution in [0, 0.1) is 17.8 Å². The molecular weight excluding hydrogens is 764 g/mol. The molecule has 0 unspecified atom stereocenters. The molecule has 59 heavy (non-hydrogen) atoms. The van der Waals surface area contributed by atoms with Gasteiger partial charge in [0, 0.05) is 38.1 Å². The molecule has 4 aliphatic rings. The van der Waals surface area contributed by atoms with Gasteiger partial charge in [-0.1, -0.05) is 32.9 Å². The first-order valence-corrected chi connectivity index (χ1v) is 21.5. The Hall–Kier alpha value is -1.99. The van der Waals surface area contributed by atoms with Gasteiger partial charge in [0.05, 0.1) is 49.7 Å². The second-order valence-electron chi connectivity index (χ2n) is 18.6. The number of hydrogen-bond donors (Lipinski definition) is 6. The van der Waals surface area contributed by atoms with Crippen LogP contribution in [0.4, 0.5) is 0 Å². The van der Waals surface area contributed by atoms with Crippen LogP contribution in [-0.4, -0.2) is 144 Å². The van der Waals surface area contributed by atoms with E-state index < -0.39 is 101 Å². The third kappa shape index (κ3) is 10.5. The summed E-state index contributed by atoms with van der Waals surface area (Å²) in [6, 6.07) is 6.69. The van der Waals surface area contributed by atoms with E-state index >= 15 is 0 Å². The van der Waals surface area contributed by atoms with Crippen LogP contribution in [0.25, 0.3) is 0 Å². The summed E-state index contributed by atoms with van der Waals surface area (Å²) in [6.07, 6.45) is -7.05. The lowest BCUT2D eigenvalue weighted by atomic mass is 9.77. The number of methoxy groups -OCH3 is 2. The summed E-state index contributed by atoms with van der Waals surface area (Å²) < 4.78 is 49.8. The van der Waals surface area contributed by atoms with Crippen LogP contribution in [-0.2, 0) is 44.5 Å². The minimum atomic E-state index is -1.80. The lowest BCUT2D eigenvalue weighted by Crippen LogP contribution is -2.61. The number of cyclic esters (lactones) is 1. The van der Waals surface area contributed by atoms with E-state index in [2.05, 4.69) is 10.6 Å². The Labute approximate surface area is 351 Å². The van der Waals surface area contributed by atoms with Crippen LogP contribution in [0.1, 0.15) is 100 Å². The Bertz CT molecular complexity index is 1510. The fourth-order valence-electron chi connectivity index (χ4n) is 9.73. The Balaban J connectivity index is 1.50. The Morgan fingerprint density at radius 1 is 0.949 bits per heavy atom. The number of hydrogen-bond acceptors (Lipinski definition) is 15. The van der Waals surface area contributed by atoms with Crippen molar-refractivity contribution in [1.82, 2.24) is 10.6 Å². The molecule has 15 nitrogen and oxygen atoms in total. The van der Waals surface area contributed by atoms with Crippen molar-refractivity contribution < 1.29 is 63.1 Å². The first-order valence-electron chi connectivity index (χ1n) is 21.5. The maximum Gasteiger partial charge on any atom is 0.311 e. The first kappa shape index (κ1) is 48.0. The van der Waals surface area contributed by atoms with Crippen LogP contribution in [0.5, 0.6) is 5.75 Å². The molecular formula is C44H74N2O13. The van der Waals surface area contributed by atoms with Crippen LogP contribution in [0.15, 0.2) is 24.3 Å². The maximum atomic E-state index is 14.3. The van der Waals surface area contributed by atoms with Gasteiger partial charge >= 0.3 is 5.97 Å². The van der Waals surface area contributed by atoms with E-state index in [1.165, 1.54) is 6.92 Å². The largest absolute Gasteiger partial charge is 0.497 e. The van der Waals surface area contributed by atoms with E-state index in [0.717, 1.165) is 11.3 Å². The summed E-state index contributed by atoms with van der Waals surface area (Å²) in [6.45, 7) is 19.3. The number of aliphatic hydroxyl groups excluding tert-OH is 2. The molecule has 15 heteroatoms. The number of epoxide rings is 1. The van der Waals surface area contributed by atoms with E-state index in [9.17, 15) is 25.2 Å². The molecule has 18 atom stereocenters. The van der Waals surface area contributed by atoms with Gasteiger partial charge < -0.3 is 69.0 Å². The van der Waals surface area contributed by atoms with Gasteiger partial charge in [0.15, 0.2) is 12.6 Å². The highest BCUT2D eigenvalue weighted by Gasteiger charge is 2.67. The average molecular weight is 839 g/mol. The van der Waals surface area contributed by atoms with Gasteiger partial charge in [-0.05, 0) is 97.9 Å². The third-order valence-electron chi connectivity index (χ3n) is 13.7. The SMILES string of the molecule is CC[C@H]1OC(=O)[C@H](C)[C@@H](O[C@H]2C[C@@](C)(OC)[C@]3(CO3)[C@H](C)O2)[C@H](C)[C@@H](O[C@@H]2O[C@H](C)C[C@H](NCc3ccc(OC)cc3)[C@H]2O)[C@](C)(O)C[C@@H](C)CN[C@H](C)[C@@H](O)[C@]1(C)O. The Kier molecular flexibility index (Phi) is 15.6. The third-order valence-corrected chi connectivity index (χ3v) is 13.7. The number of aliphatic hydroxyl groups is 4. The van der Waals surface area contributed by atoms with Crippen molar-refractivity contribution in [1.29, 1.82) is 0 Å². The molecule has 4 heterocycles. The summed E-state index contributed by atoms with van der Waals surface area (Å²) in [7, 11) is 3.25. The van der Waals surface area contributed by atoms with Gasteiger partial charge in [0.1, 0.15) is 40.9 Å². The zero-order valence-electron chi connectivity index (χ0n) is 37.3. The molecule has 338 valence electrons. The highest BCUT2D eigenvalue weighted by atomic mass is 16.7. The smallest absolute Gasteiger partial charge is 0.311 e. The second-order valence-corrected chi connectivity index (χ2v) is 18.6. The van der Waals surface area contributed by atoms with Crippen molar-refractivity contribution in [3.05, 3.63) is 29.8 Å².